The molecule has 10 heteroatoms. The molecule has 0 saturated carbocycles. The predicted octanol–water partition coefficient (Wildman–Crippen LogP) is 6.67. The van der Waals surface area contributed by atoms with Crippen molar-refractivity contribution in [2.24, 2.45) is 11.3 Å². The van der Waals surface area contributed by atoms with Gasteiger partial charge in [0.2, 0.25) is 0 Å². The number of ether oxygens (including phenoxy) is 2. The van der Waals surface area contributed by atoms with Crippen LogP contribution in [0, 0.1) is 11.3 Å². The first-order chi connectivity index (χ1) is 18.8. The van der Waals surface area contributed by atoms with E-state index in [4.69, 9.17) is 18.9 Å². The zero-order valence-corrected chi connectivity index (χ0v) is 30.3. The molecule has 0 saturated heterocycles. The van der Waals surface area contributed by atoms with Gasteiger partial charge in [-0.3, -0.25) is 14.6 Å². The Bertz CT molecular complexity index is 1170. The van der Waals surface area contributed by atoms with Crippen molar-refractivity contribution in [2.45, 2.75) is 124 Å². The fourth-order valence-electron chi connectivity index (χ4n) is 4.52. The second-order valence-corrected chi connectivity index (χ2v) is 22.2. The molecule has 2 atom stereocenters. The maximum Gasteiger partial charge on any atom is 0.318 e. The number of sulfone groups is 1. The minimum atomic E-state index is -3.34. The van der Waals surface area contributed by atoms with Gasteiger partial charge in [0.25, 0.3) is 0 Å². The average molecular weight is 628 g/mol. The second-order valence-electron chi connectivity index (χ2n) is 15.2. The molecule has 1 aromatic heterocycles. The molecule has 0 aliphatic heterocycles. The fourth-order valence-corrected chi connectivity index (χ4v) is 7.53. The maximum absolute atomic E-state index is 13.6. The molecule has 0 bridgehead atoms. The molecule has 8 nitrogen and oxygen atoms in total. The summed E-state index contributed by atoms with van der Waals surface area (Å²) in [7, 11) is -4.00. The maximum atomic E-state index is 13.6. The van der Waals surface area contributed by atoms with Gasteiger partial charge in [-0.1, -0.05) is 54.0 Å². The Labute approximate surface area is 256 Å². The van der Waals surface area contributed by atoms with Crippen LogP contribution in [0.5, 0.6) is 0 Å². The lowest BCUT2D eigenvalue weighted by molar-refractivity contribution is -0.162. The van der Waals surface area contributed by atoms with Crippen LogP contribution in [0.1, 0.15) is 99.9 Å². The molecule has 1 heterocycles. The topological polar surface area (TPSA) is 109 Å². The van der Waals surface area contributed by atoms with E-state index >= 15 is 0 Å². The summed E-state index contributed by atoms with van der Waals surface area (Å²) in [5.74, 6) is -1.03. The monoisotopic (exact) mass is 627 g/mol. The highest BCUT2D eigenvalue weighted by atomic mass is 32.2. The lowest BCUT2D eigenvalue weighted by atomic mass is 9.78. The number of hydrogen-bond donors (Lipinski definition) is 0. The van der Waals surface area contributed by atoms with E-state index in [2.05, 4.69) is 33.9 Å². The van der Waals surface area contributed by atoms with E-state index in [1.807, 2.05) is 59.7 Å². The minimum Gasteiger partial charge on any atom is -0.469 e. The SMILES string of the molecule is COC(=O)[C@H](C)Cc1cccc(C(C)(CCCC(C)(C)CS(=O)(=O)CCO[Si](C)(C)C(C)(C)C)C(=O)OC(C)(C)C)n1. The van der Waals surface area contributed by atoms with E-state index in [-0.39, 0.29) is 41.0 Å². The minimum absolute atomic E-state index is 0.000721. The van der Waals surface area contributed by atoms with Crippen LogP contribution in [-0.2, 0) is 45.2 Å². The molecule has 1 unspecified atom stereocenters. The Balaban J connectivity index is 3.06. The van der Waals surface area contributed by atoms with E-state index in [9.17, 15) is 18.0 Å². The summed E-state index contributed by atoms with van der Waals surface area (Å²) in [6.07, 6.45) is 2.02. The Kier molecular flexibility index (Phi) is 13.0. The standard InChI is InChI=1S/C32H57NO7SSi/c1-24(27(34)38-11)22-25-16-14-17-26(33-25)32(10,28(35)40-29(2,3)4)19-15-18-31(8,9)23-41(36,37)21-20-39-42(12,13)30(5,6)7/h14,16-17,24H,15,18-23H2,1-13H3/t24-,32?/m1/s1. The summed E-state index contributed by atoms with van der Waals surface area (Å²) in [4.78, 5) is 30.3. The van der Waals surface area contributed by atoms with Gasteiger partial charge in [0, 0.05) is 18.7 Å². The molecule has 0 aliphatic carbocycles. The molecule has 0 amide bonds. The lowest BCUT2D eigenvalue weighted by Gasteiger charge is -2.36. The van der Waals surface area contributed by atoms with Crippen LogP contribution in [0.3, 0.4) is 0 Å². The van der Waals surface area contributed by atoms with Crippen LogP contribution >= 0.6 is 0 Å². The van der Waals surface area contributed by atoms with Crippen LogP contribution in [-0.4, -0.2) is 64.5 Å². The predicted molar refractivity (Wildman–Crippen MR) is 172 cm³/mol. The molecular formula is C32H57NO7SSi. The zero-order chi connectivity index (χ0) is 32.8. The number of nitrogens with zero attached hydrogens (tertiary/aromatic N) is 1. The molecule has 0 N–H and O–H groups in total. The molecule has 0 fully saturated rings. The van der Waals surface area contributed by atoms with Gasteiger partial charge in [0.1, 0.15) is 11.0 Å². The Morgan fingerprint density at radius 2 is 1.57 bits per heavy atom. The van der Waals surface area contributed by atoms with Gasteiger partial charge in [-0.15, -0.1) is 0 Å². The molecular weight excluding hydrogens is 571 g/mol. The zero-order valence-electron chi connectivity index (χ0n) is 28.5. The first-order valence-electron chi connectivity index (χ1n) is 15.0. The van der Waals surface area contributed by atoms with Gasteiger partial charge in [-0.05, 0) is 76.2 Å². The molecule has 0 spiro atoms. The average Bonchev–Trinajstić information content (AvgIpc) is 2.80. The van der Waals surface area contributed by atoms with Crippen molar-refractivity contribution >= 4 is 30.1 Å². The third kappa shape index (κ3) is 12.1. The van der Waals surface area contributed by atoms with Gasteiger partial charge >= 0.3 is 11.9 Å². The number of methoxy groups -OCH3 is 1. The molecule has 242 valence electrons. The van der Waals surface area contributed by atoms with Crippen molar-refractivity contribution in [2.75, 3.05) is 25.2 Å². The summed E-state index contributed by atoms with van der Waals surface area (Å²) >= 11 is 0. The summed E-state index contributed by atoms with van der Waals surface area (Å²) in [6, 6.07) is 5.49. The van der Waals surface area contributed by atoms with Crippen molar-refractivity contribution in [3.63, 3.8) is 0 Å². The van der Waals surface area contributed by atoms with Gasteiger partial charge in [0.15, 0.2) is 18.2 Å². The van der Waals surface area contributed by atoms with Crippen molar-refractivity contribution in [3.05, 3.63) is 29.6 Å². The normalized spacial score (nSPS) is 15.5. The second kappa shape index (κ2) is 14.3. The van der Waals surface area contributed by atoms with E-state index in [1.54, 1.807) is 6.92 Å². The quantitative estimate of drug-likeness (QED) is 0.157. The van der Waals surface area contributed by atoms with E-state index in [0.29, 0.717) is 37.1 Å². The number of esters is 2. The van der Waals surface area contributed by atoms with E-state index < -0.39 is 34.6 Å². The van der Waals surface area contributed by atoms with Crippen LogP contribution in [0.15, 0.2) is 18.2 Å². The third-order valence-corrected chi connectivity index (χ3v) is 14.7. The fraction of sp³-hybridized carbons (Fsp3) is 0.781. The highest BCUT2D eigenvalue weighted by Crippen LogP contribution is 2.37. The molecule has 1 rings (SSSR count). The number of pyridine rings is 1. The van der Waals surface area contributed by atoms with Crippen LogP contribution in [0.2, 0.25) is 18.1 Å². The number of aromatic nitrogens is 1. The Morgan fingerprint density at radius 1 is 0.976 bits per heavy atom. The van der Waals surface area contributed by atoms with Crippen molar-refractivity contribution in [1.29, 1.82) is 0 Å². The Hall–Kier alpha value is -1.78. The Morgan fingerprint density at radius 3 is 2.10 bits per heavy atom. The van der Waals surface area contributed by atoms with Gasteiger partial charge in [-0.25, -0.2) is 8.42 Å². The largest absolute Gasteiger partial charge is 0.469 e. The number of hydrogen-bond acceptors (Lipinski definition) is 8. The van der Waals surface area contributed by atoms with Gasteiger partial charge < -0.3 is 13.9 Å². The van der Waals surface area contributed by atoms with Crippen molar-refractivity contribution in [1.82, 2.24) is 4.98 Å². The summed E-state index contributed by atoms with van der Waals surface area (Å²) < 4.78 is 42.9. The lowest BCUT2D eigenvalue weighted by Crippen LogP contribution is -2.42. The van der Waals surface area contributed by atoms with Gasteiger partial charge in [0.05, 0.1) is 30.2 Å². The van der Waals surface area contributed by atoms with Crippen molar-refractivity contribution in [3.8, 4) is 0 Å². The summed E-state index contributed by atoms with van der Waals surface area (Å²) in [5, 5.41) is 0.0186. The molecule has 0 aliphatic rings. The number of carbonyl (C=O) groups excluding carboxylic acids is 2. The smallest absolute Gasteiger partial charge is 0.318 e. The first kappa shape index (κ1) is 38.2. The van der Waals surface area contributed by atoms with Crippen LogP contribution < -0.4 is 0 Å². The first-order valence-corrected chi connectivity index (χ1v) is 19.7. The van der Waals surface area contributed by atoms with Crippen LogP contribution in [0.4, 0.5) is 0 Å². The molecule has 0 radical (unpaired) electrons. The van der Waals surface area contributed by atoms with Gasteiger partial charge in [-0.2, -0.15) is 0 Å². The molecule has 0 aromatic carbocycles. The third-order valence-electron chi connectivity index (χ3n) is 8.14. The summed E-state index contributed by atoms with van der Waals surface area (Å²) in [5.41, 5.74) is -0.972. The number of rotatable bonds is 15. The van der Waals surface area contributed by atoms with E-state index in [0.717, 1.165) is 0 Å². The number of carbonyl (C=O) groups is 2. The van der Waals surface area contributed by atoms with Crippen molar-refractivity contribution < 1.29 is 31.9 Å². The molecule has 42 heavy (non-hydrogen) atoms. The summed E-state index contributed by atoms with van der Waals surface area (Å²) in [6.45, 7) is 23.9. The highest BCUT2D eigenvalue weighted by molar-refractivity contribution is 7.91. The van der Waals surface area contributed by atoms with E-state index in [1.165, 1.54) is 7.11 Å². The highest BCUT2D eigenvalue weighted by Gasteiger charge is 2.41. The molecule has 1 aromatic rings. The van der Waals surface area contributed by atoms with Crippen LogP contribution in [0.25, 0.3) is 0 Å².